The zero-order valence-corrected chi connectivity index (χ0v) is 12.2. The standard InChI is InChI=1S/C14H18ClN3O2/c1-2-19-13-3-5-14(6-4-13)20-10-9-18-11-12(7-8-15)16-17-18/h3-6,11H,2,7-10H2,1H3. The van der Waals surface area contributed by atoms with Crippen molar-refractivity contribution in [2.24, 2.45) is 0 Å². The first kappa shape index (κ1) is 14.7. The van der Waals surface area contributed by atoms with Crippen molar-refractivity contribution in [3.8, 4) is 11.5 Å². The molecule has 1 aromatic carbocycles. The minimum atomic E-state index is 0.539. The number of nitrogens with zero attached hydrogens (tertiary/aromatic N) is 3. The van der Waals surface area contributed by atoms with E-state index >= 15 is 0 Å². The van der Waals surface area contributed by atoms with Crippen LogP contribution in [0.5, 0.6) is 11.5 Å². The highest BCUT2D eigenvalue weighted by atomic mass is 35.5. The van der Waals surface area contributed by atoms with E-state index in [0.717, 1.165) is 23.6 Å². The Kier molecular flexibility index (Phi) is 5.68. The third kappa shape index (κ3) is 4.42. The number of aromatic nitrogens is 3. The Hall–Kier alpha value is -1.75. The fourth-order valence-electron chi connectivity index (χ4n) is 1.71. The Labute approximate surface area is 123 Å². The predicted molar refractivity (Wildman–Crippen MR) is 77.6 cm³/mol. The molecule has 0 radical (unpaired) electrons. The Morgan fingerprint density at radius 3 is 2.50 bits per heavy atom. The van der Waals surface area contributed by atoms with E-state index < -0.39 is 0 Å². The molecule has 0 aliphatic carbocycles. The lowest BCUT2D eigenvalue weighted by Gasteiger charge is -2.07. The van der Waals surface area contributed by atoms with Crippen LogP contribution >= 0.6 is 11.6 Å². The van der Waals surface area contributed by atoms with Crippen LogP contribution in [0.25, 0.3) is 0 Å². The molecule has 2 rings (SSSR count). The third-order valence-corrected chi connectivity index (χ3v) is 2.85. The van der Waals surface area contributed by atoms with Crippen LogP contribution in [0.1, 0.15) is 12.6 Å². The number of halogens is 1. The van der Waals surface area contributed by atoms with Crippen molar-refractivity contribution in [1.29, 1.82) is 0 Å². The van der Waals surface area contributed by atoms with Crippen LogP contribution in [0.2, 0.25) is 0 Å². The van der Waals surface area contributed by atoms with Gasteiger partial charge in [-0.1, -0.05) is 5.21 Å². The molecule has 0 aliphatic heterocycles. The van der Waals surface area contributed by atoms with Gasteiger partial charge in [-0.05, 0) is 31.2 Å². The summed E-state index contributed by atoms with van der Waals surface area (Å²) >= 11 is 5.65. The molecule has 0 spiro atoms. The smallest absolute Gasteiger partial charge is 0.119 e. The Bertz CT molecular complexity index is 513. The van der Waals surface area contributed by atoms with Gasteiger partial charge < -0.3 is 9.47 Å². The van der Waals surface area contributed by atoms with Gasteiger partial charge in [-0.25, -0.2) is 4.68 Å². The second-order valence-corrected chi connectivity index (χ2v) is 4.54. The number of hydrogen-bond acceptors (Lipinski definition) is 4. The molecule has 0 unspecified atom stereocenters. The summed E-state index contributed by atoms with van der Waals surface area (Å²) in [5.41, 5.74) is 0.904. The number of hydrogen-bond donors (Lipinski definition) is 0. The fraction of sp³-hybridized carbons (Fsp3) is 0.429. The highest BCUT2D eigenvalue weighted by Crippen LogP contribution is 2.17. The van der Waals surface area contributed by atoms with Gasteiger partial charge >= 0.3 is 0 Å². The molecule has 2 aromatic rings. The van der Waals surface area contributed by atoms with Crippen molar-refractivity contribution in [2.75, 3.05) is 19.1 Å². The van der Waals surface area contributed by atoms with Gasteiger partial charge in [0.15, 0.2) is 0 Å². The Balaban J connectivity index is 1.76. The molecule has 0 atom stereocenters. The molecule has 0 saturated heterocycles. The molecule has 0 fully saturated rings. The van der Waals surface area contributed by atoms with E-state index in [1.54, 1.807) is 4.68 Å². The van der Waals surface area contributed by atoms with E-state index in [-0.39, 0.29) is 0 Å². The minimum absolute atomic E-state index is 0.539. The van der Waals surface area contributed by atoms with Crippen LogP contribution in [-0.4, -0.2) is 34.1 Å². The quantitative estimate of drug-likeness (QED) is 0.702. The largest absolute Gasteiger partial charge is 0.494 e. The first-order valence-electron chi connectivity index (χ1n) is 6.62. The molecule has 1 heterocycles. The summed E-state index contributed by atoms with van der Waals surface area (Å²) in [5, 5.41) is 8.03. The molecule has 0 bridgehead atoms. The van der Waals surface area contributed by atoms with Gasteiger partial charge in [0.2, 0.25) is 0 Å². The average Bonchev–Trinajstić information content (AvgIpc) is 2.89. The van der Waals surface area contributed by atoms with Crippen LogP contribution in [0.3, 0.4) is 0 Å². The van der Waals surface area contributed by atoms with E-state index in [1.807, 2.05) is 37.4 Å². The maximum atomic E-state index is 5.65. The third-order valence-electron chi connectivity index (χ3n) is 2.66. The molecule has 0 N–H and O–H groups in total. The highest BCUT2D eigenvalue weighted by Gasteiger charge is 2.01. The second kappa shape index (κ2) is 7.75. The van der Waals surface area contributed by atoms with Gasteiger partial charge in [0.25, 0.3) is 0 Å². The molecule has 6 heteroatoms. The normalized spacial score (nSPS) is 10.5. The molecule has 0 aliphatic rings. The second-order valence-electron chi connectivity index (χ2n) is 4.16. The van der Waals surface area contributed by atoms with Crippen molar-refractivity contribution in [1.82, 2.24) is 15.0 Å². The van der Waals surface area contributed by atoms with E-state index in [2.05, 4.69) is 10.3 Å². The number of rotatable bonds is 8. The van der Waals surface area contributed by atoms with Crippen molar-refractivity contribution in [3.63, 3.8) is 0 Å². The Morgan fingerprint density at radius 2 is 1.85 bits per heavy atom. The monoisotopic (exact) mass is 295 g/mol. The van der Waals surface area contributed by atoms with Gasteiger partial charge in [0, 0.05) is 18.5 Å². The van der Waals surface area contributed by atoms with E-state index in [0.29, 0.717) is 25.6 Å². The maximum Gasteiger partial charge on any atom is 0.119 e. The zero-order valence-electron chi connectivity index (χ0n) is 11.5. The fourth-order valence-corrected chi connectivity index (χ4v) is 1.91. The van der Waals surface area contributed by atoms with Crippen LogP contribution in [-0.2, 0) is 13.0 Å². The van der Waals surface area contributed by atoms with Crippen molar-refractivity contribution in [3.05, 3.63) is 36.2 Å². The molecule has 0 amide bonds. The number of aryl methyl sites for hydroxylation is 1. The van der Waals surface area contributed by atoms with E-state index in [1.165, 1.54) is 0 Å². The lowest BCUT2D eigenvalue weighted by molar-refractivity contribution is 0.288. The molecular formula is C14H18ClN3O2. The van der Waals surface area contributed by atoms with Crippen molar-refractivity contribution in [2.45, 2.75) is 19.9 Å². The van der Waals surface area contributed by atoms with Gasteiger partial charge in [-0.2, -0.15) is 0 Å². The SMILES string of the molecule is CCOc1ccc(OCCn2cc(CCCl)nn2)cc1. The van der Waals surface area contributed by atoms with Crippen LogP contribution in [0.15, 0.2) is 30.5 Å². The van der Waals surface area contributed by atoms with E-state index in [9.17, 15) is 0 Å². The molecule has 20 heavy (non-hydrogen) atoms. The average molecular weight is 296 g/mol. The summed E-state index contributed by atoms with van der Waals surface area (Å²) < 4.78 is 12.8. The molecule has 1 aromatic heterocycles. The lowest BCUT2D eigenvalue weighted by Crippen LogP contribution is -2.08. The lowest BCUT2D eigenvalue weighted by atomic mass is 10.3. The number of ether oxygens (including phenoxy) is 2. The summed E-state index contributed by atoms with van der Waals surface area (Å²) in [4.78, 5) is 0. The van der Waals surface area contributed by atoms with Gasteiger partial charge in [-0.3, -0.25) is 0 Å². The maximum absolute atomic E-state index is 5.65. The molecule has 108 valence electrons. The number of alkyl halides is 1. The first-order chi connectivity index (χ1) is 9.81. The minimum Gasteiger partial charge on any atom is -0.494 e. The van der Waals surface area contributed by atoms with Crippen molar-refractivity contribution < 1.29 is 9.47 Å². The molecular weight excluding hydrogens is 278 g/mol. The van der Waals surface area contributed by atoms with Gasteiger partial charge in [0.05, 0.1) is 18.8 Å². The summed E-state index contributed by atoms with van der Waals surface area (Å²) in [7, 11) is 0. The summed E-state index contributed by atoms with van der Waals surface area (Å²) in [6, 6.07) is 7.58. The van der Waals surface area contributed by atoms with Gasteiger partial charge in [0.1, 0.15) is 18.1 Å². The summed E-state index contributed by atoms with van der Waals surface area (Å²) in [5.74, 6) is 2.22. The summed E-state index contributed by atoms with van der Waals surface area (Å²) in [6.07, 6.45) is 2.63. The van der Waals surface area contributed by atoms with Crippen LogP contribution < -0.4 is 9.47 Å². The van der Waals surface area contributed by atoms with Crippen LogP contribution in [0.4, 0.5) is 0 Å². The molecule has 0 saturated carbocycles. The number of benzene rings is 1. The highest BCUT2D eigenvalue weighted by molar-refractivity contribution is 6.17. The van der Waals surface area contributed by atoms with Crippen molar-refractivity contribution >= 4 is 11.6 Å². The first-order valence-corrected chi connectivity index (χ1v) is 7.16. The predicted octanol–water partition coefficient (Wildman–Crippen LogP) is 2.54. The zero-order chi connectivity index (χ0) is 14.2. The summed E-state index contributed by atoms with van der Waals surface area (Å²) in [6.45, 7) is 3.82. The Morgan fingerprint density at radius 1 is 1.15 bits per heavy atom. The topological polar surface area (TPSA) is 49.2 Å². The van der Waals surface area contributed by atoms with Gasteiger partial charge in [-0.15, -0.1) is 16.7 Å². The van der Waals surface area contributed by atoms with Crippen LogP contribution in [0, 0.1) is 0 Å². The molecule has 5 nitrogen and oxygen atoms in total. The van der Waals surface area contributed by atoms with E-state index in [4.69, 9.17) is 21.1 Å².